The lowest BCUT2D eigenvalue weighted by Crippen LogP contribution is -2.49. The van der Waals surface area contributed by atoms with Gasteiger partial charge in [-0.25, -0.2) is 17.9 Å². The molecule has 0 spiro atoms. The van der Waals surface area contributed by atoms with E-state index in [-0.39, 0.29) is 10.5 Å². The second-order valence-electron chi connectivity index (χ2n) is 6.76. The predicted octanol–water partition coefficient (Wildman–Crippen LogP) is 1.36. The number of carbonyl (C=O) groups excluding carboxylic acids is 1. The Bertz CT molecular complexity index is 700. The maximum Gasteiger partial charge on any atom is 0.328 e. The number of aliphatic carboxylic acids is 1. The molecular weight excluding hydrogens is 320 g/mol. The first-order chi connectivity index (χ1) is 10.2. The van der Waals surface area contributed by atoms with Crippen molar-refractivity contribution in [1.29, 1.82) is 0 Å². The minimum absolute atomic E-state index is 0.0291. The van der Waals surface area contributed by atoms with Crippen molar-refractivity contribution in [3.63, 3.8) is 0 Å². The molecule has 0 aliphatic heterocycles. The standard InChI is InChI=1S/C15H22N2O5S/c1-14(2,3)17-23(21,22)11-8-6-10(7-9-11)12(18)16-15(4,5)13(19)20/h6-9,17H,1-5H3,(H,16,18)(H,19,20). The Balaban J connectivity index is 2.97. The molecule has 0 saturated carbocycles. The summed E-state index contributed by atoms with van der Waals surface area (Å²) in [7, 11) is -3.68. The summed E-state index contributed by atoms with van der Waals surface area (Å²) < 4.78 is 26.8. The highest BCUT2D eigenvalue weighted by Gasteiger charge is 2.29. The van der Waals surface area contributed by atoms with Crippen LogP contribution in [0.2, 0.25) is 0 Å². The van der Waals surface area contributed by atoms with Gasteiger partial charge in [0.05, 0.1) is 4.90 Å². The van der Waals surface area contributed by atoms with E-state index in [0.717, 1.165) is 0 Å². The first-order valence-electron chi connectivity index (χ1n) is 6.94. The lowest BCUT2D eigenvalue weighted by molar-refractivity contribution is -0.143. The number of benzene rings is 1. The van der Waals surface area contributed by atoms with E-state index in [4.69, 9.17) is 5.11 Å². The topological polar surface area (TPSA) is 113 Å². The molecule has 3 N–H and O–H groups in total. The van der Waals surface area contributed by atoms with E-state index in [2.05, 4.69) is 10.0 Å². The van der Waals surface area contributed by atoms with E-state index >= 15 is 0 Å². The Kier molecular flexibility index (Phi) is 5.23. The number of carboxylic acids is 1. The molecule has 8 heteroatoms. The molecule has 0 fully saturated rings. The molecule has 128 valence electrons. The smallest absolute Gasteiger partial charge is 0.328 e. The van der Waals surface area contributed by atoms with Crippen LogP contribution < -0.4 is 10.0 Å². The van der Waals surface area contributed by atoms with Crippen molar-refractivity contribution >= 4 is 21.9 Å². The first-order valence-corrected chi connectivity index (χ1v) is 8.43. The predicted molar refractivity (Wildman–Crippen MR) is 85.7 cm³/mol. The number of carbonyl (C=O) groups is 2. The number of sulfonamides is 1. The minimum atomic E-state index is -3.68. The molecule has 0 atom stereocenters. The molecule has 7 nitrogen and oxygen atoms in total. The molecule has 0 unspecified atom stereocenters. The summed E-state index contributed by atoms with van der Waals surface area (Å²) >= 11 is 0. The van der Waals surface area contributed by atoms with Crippen LogP contribution in [0.1, 0.15) is 45.0 Å². The van der Waals surface area contributed by atoms with Gasteiger partial charge in [-0.1, -0.05) is 0 Å². The lowest BCUT2D eigenvalue weighted by Gasteiger charge is -2.21. The van der Waals surface area contributed by atoms with Gasteiger partial charge in [-0.3, -0.25) is 4.79 Å². The van der Waals surface area contributed by atoms with Crippen molar-refractivity contribution in [2.75, 3.05) is 0 Å². The summed E-state index contributed by atoms with van der Waals surface area (Å²) in [5.41, 5.74) is -1.87. The highest BCUT2D eigenvalue weighted by Crippen LogP contribution is 2.14. The third kappa shape index (κ3) is 5.33. The number of rotatable bonds is 5. The third-order valence-electron chi connectivity index (χ3n) is 2.83. The van der Waals surface area contributed by atoms with E-state index in [9.17, 15) is 18.0 Å². The molecule has 23 heavy (non-hydrogen) atoms. The van der Waals surface area contributed by atoms with E-state index in [0.29, 0.717) is 0 Å². The van der Waals surface area contributed by atoms with Gasteiger partial charge in [0.2, 0.25) is 10.0 Å². The molecule has 1 rings (SSSR count). The normalized spacial score (nSPS) is 12.7. The largest absolute Gasteiger partial charge is 0.480 e. The zero-order valence-corrected chi connectivity index (χ0v) is 14.6. The summed E-state index contributed by atoms with van der Waals surface area (Å²) in [6, 6.07) is 5.28. The molecule has 0 aliphatic rings. The van der Waals surface area contributed by atoms with Crippen LogP contribution in [-0.2, 0) is 14.8 Å². The molecule has 1 aromatic carbocycles. The van der Waals surface area contributed by atoms with E-state index in [1.807, 2.05) is 0 Å². The van der Waals surface area contributed by atoms with Gasteiger partial charge in [0.1, 0.15) is 5.54 Å². The van der Waals surface area contributed by atoms with Crippen LogP contribution in [0.5, 0.6) is 0 Å². The average Bonchev–Trinajstić information content (AvgIpc) is 2.35. The first kappa shape index (κ1) is 19.1. The average molecular weight is 342 g/mol. The number of hydrogen-bond acceptors (Lipinski definition) is 4. The molecule has 1 amide bonds. The fourth-order valence-corrected chi connectivity index (χ4v) is 3.08. The second-order valence-corrected chi connectivity index (χ2v) is 8.45. The van der Waals surface area contributed by atoms with Crippen LogP contribution in [0.15, 0.2) is 29.2 Å². The van der Waals surface area contributed by atoms with Gasteiger partial charge in [-0.2, -0.15) is 0 Å². The van der Waals surface area contributed by atoms with E-state index < -0.39 is 33.0 Å². The van der Waals surface area contributed by atoms with E-state index in [1.54, 1.807) is 20.8 Å². The van der Waals surface area contributed by atoms with Crippen LogP contribution in [0, 0.1) is 0 Å². The van der Waals surface area contributed by atoms with Crippen molar-refractivity contribution in [3.05, 3.63) is 29.8 Å². The molecule has 0 heterocycles. The highest BCUT2D eigenvalue weighted by molar-refractivity contribution is 7.89. The van der Waals surface area contributed by atoms with Crippen LogP contribution in [0.25, 0.3) is 0 Å². The zero-order chi connectivity index (χ0) is 18.1. The molecule has 0 bridgehead atoms. The molecule has 0 aromatic heterocycles. The van der Waals surface area contributed by atoms with Gasteiger partial charge >= 0.3 is 5.97 Å². The summed E-state index contributed by atoms with van der Waals surface area (Å²) in [4.78, 5) is 23.0. The monoisotopic (exact) mass is 342 g/mol. The van der Waals surface area contributed by atoms with Crippen LogP contribution in [0.4, 0.5) is 0 Å². The van der Waals surface area contributed by atoms with Gasteiger partial charge in [-0.05, 0) is 58.9 Å². The SMILES string of the molecule is CC(C)(C)NS(=O)(=O)c1ccc(C(=O)NC(C)(C)C(=O)O)cc1. The molecule has 0 radical (unpaired) electrons. The number of nitrogens with one attached hydrogen (secondary N) is 2. The number of carboxylic acid groups (broad SMARTS) is 1. The molecule has 0 saturated heterocycles. The van der Waals surface area contributed by atoms with Gasteiger partial charge < -0.3 is 10.4 Å². The Morgan fingerprint density at radius 3 is 1.87 bits per heavy atom. The summed E-state index contributed by atoms with van der Waals surface area (Å²) in [6.07, 6.45) is 0. The maximum atomic E-state index is 12.2. The van der Waals surface area contributed by atoms with Crippen molar-refractivity contribution in [3.8, 4) is 0 Å². The Morgan fingerprint density at radius 2 is 1.48 bits per heavy atom. The van der Waals surface area contributed by atoms with Crippen molar-refractivity contribution in [2.45, 2.75) is 50.6 Å². The Morgan fingerprint density at radius 1 is 1.00 bits per heavy atom. The highest BCUT2D eigenvalue weighted by atomic mass is 32.2. The maximum absolute atomic E-state index is 12.2. The van der Waals surface area contributed by atoms with E-state index in [1.165, 1.54) is 38.1 Å². The fraction of sp³-hybridized carbons (Fsp3) is 0.467. The Hall–Kier alpha value is -1.93. The molecule has 1 aromatic rings. The fourth-order valence-electron chi connectivity index (χ4n) is 1.66. The van der Waals surface area contributed by atoms with Crippen LogP contribution in [0.3, 0.4) is 0 Å². The van der Waals surface area contributed by atoms with Gasteiger partial charge in [0.15, 0.2) is 0 Å². The summed E-state index contributed by atoms with van der Waals surface area (Å²) in [6.45, 7) is 7.89. The second kappa shape index (κ2) is 6.29. The lowest BCUT2D eigenvalue weighted by atomic mass is 10.1. The number of amides is 1. The van der Waals surface area contributed by atoms with Crippen molar-refractivity contribution in [1.82, 2.24) is 10.0 Å². The minimum Gasteiger partial charge on any atom is -0.480 e. The van der Waals surface area contributed by atoms with Gasteiger partial charge in [0, 0.05) is 11.1 Å². The van der Waals surface area contributed by atoms with Crippen molar-refractivity contribution in [2.24, 2.45) is 0 Å². The van der Waals surface area contributed by atoms with Gasteiger partial charge in [-0.15, -0.1) is 0 Å². The van der Waals surface area contributed by atoms with Crippen molar-refractivity contribution < 1.29 is 23.1 Å². The Labute approximate surface area is 136 Å². The third-order valence-corrected chi connectivity index (χ3v) is 4.60. The summed E-state index contributed by atoms with van der Waals surface area (Å²) in [5, 5.41) is 11.4. The molecular formula is C15H22N2O5S. The zero-order valence-electron chi connectivity index (χ0n) is 13.8. The quantitative estimate of drug-likeness (QED) is 0.748. The van der Waals surface area contributed by atoms with Crippen LogP contribution >= 0.6 is 0 Å². The summed E-state index contributed by atoms with van der Waals surface area (Å²) in [5.74, 6) is -1.76. The molecule has 0 aliphatic carbocycles. The number of hydrogen-bond donors (Lipinski definition) is 3. The van der Waals surface area contributed by atoms with Gasteiger partial charge in [0.25, 0.3) is 5.91 Å². The van der Waals surface area contributed by atoms with Crippen LogP contribution in [-0.4, -0.2) is 36.5 Å².